The van der Waals surface area contributed by atoms with Gasteiger partial charge in [-0.25, -0.2) is 5.57 Å². The van der Waals surface area contributed by atoms with Gasteiger partial charge in [0, 0.05) is 0 Å². The third-order valence-corrected chi connectivity index (χ3v) is 10.2. The quantitative estimate of drug-likeness (QED) is 0.227. The molecule has 46 heavy (non-hydrogen) atoms. The van der Waals surface area contributed by atoms with Crippen LogP contribution in [0.5, 0.6) is 0 Å². The first-order chi connectivity index (χ1) is 20.5. The molecule has 5 rings (SSSR count). The van der Waals surface area contributed by atoms with E-state index in [-0.39, 0.29) is 35.6 Å². The molecule has 1 atom stereocenters. The van der Waals surface area contributed by atoms with Crippen LogP contribution in [0.4, 0.5) is 0 Å². The van der Waals surface area contributed by atoms with Crippen molar-refractivity contribution < 1.29 is 49.0 Å². The average Bonchev–Trinajstić information content (AvgIpc) is 3.58. The largest absolute Gasteiger partial charge is 1.00 e. The van der Waals surface area contributed by atoms with E-state index in [4.69, 9.17) is 0 Å². The van der Waals surface area contributed by atoms with E-state index in [0.29, 0.717) is 11.3 Å². The molecule has 3 heteroatoms. The number of fused-ring (bicyclic) bond motifs is 3. The Morgan fingerprint density at radius 2 is 1.37 bits per heavy atom. The summed E-state index contributed by atoms with van der Waals surface area (Å²) >= 11 is 1.54. The minimum absolute atomic E-state index is 0. The van der Waals surface area contributed by atoms with Crippen molar-refractivity contribution in [1.82, 2.24) is 0 Å². The molecule has 2 aliphatic rings. The molecule has 3 aromatic rings. The van der Waals surface area contributed by atoms with Crippen molar-refractivity contribution >= 4 is 3.21 Å². The molecule has 0 aromatic heterocycles. The predicted molar refractivity (Wildman–Crippen MR) is 190 cm³/mol. The number of hydrogen-bond donors (Lipinski definition) is 0. The van der Waals surface area contributed by atoms with Crippen LogP contribution >= 0.6 is 0 Å². The summed E-state index contributed by atoms with van der Waals surface area (Å²) in [6, 6.07) is 25.8. The van der Waals surface area contributed by atoms with E-state index in [1.807, 2.05) is 0 Å². The molecule has 0 saturated carbocycles. The molecule has 0 saturated heterocycles. The minimum atomic E-state index is 0. The Morgan fingerprint density at radius 1 is 0.761 bits per heavy atom. The second-order valence-electron chi connectivity index (χ2n) is 15.3. The standard InChI is InChI=1S/C21H25.C13H21.C9H10.2ClH.Zr/c1-20(2,3)16-7-9-18-14(12-16)11-15-13-17(21(4,5)6)8-10-19(15)18;1-6-10-8-11(7-2)12(9-10)13(3,4)5;1-2-6-9-7-4-3-5-8-9;;;/h7-10,12H,11H2,1-6H3;9-10H,6-7H2,1-5H3;3-5,7-8H,2H2,1H3;2*1H;/q2*-1;;;;+2/p-2. The smallest absolute Gasteiger partial charge is 1.00 e. The monoisotopic (exact) mass is 732 g/mol. The zero-order chi connectivity index (χ0) is 32.9. The summed E-state index contributed by atoms with van der Waals surface area (Å²) < 4.78 is 1.55. The van der Waals surface area contributed by atoms with Gasteiger partial charge in [-0.05, 0) is 28.4 Å². The topological polar surface area (TPSA) is 0 Å². The molecule has 0 spiro atoms. The van der Waals surface area contributed by atoms with E-state index in [2.05, 4.69) is 162 Å². The molecule has 3 aromatic carbocycles. The van der Waals surface area contributed by atoms with Gasteiger partial charge < -0.3 is 24.8 Å². The maximum atomic E-state index is 3.67. The summed E-state index contributed by atoms with van der Waals surface area (Å²) in [7, 11) is 0. The SMILES string of the molecule is CC(C)(C)c1[c-]c2c(cc1)-c1ccc(C(C)(C)C)cc1C2.CCC1=[C-]C(CC)C=C1C(C)(C)C.CC[C](=[Zr+2])c1ccccc1.[Cl-].[Cl-]. The van der Waals surface area contributed by atoms with Crippen molar-refractivity contribution in [2.24, 2.45) is 11.3 Å². The van der Waals surface area contributed by atoms with Crippen molar-refractivity contribution in [1.29, 1.82) is 0 Å². The van der Waals surface area contributed by atoms with E-state index in [9.17, 15) is 0 Å². The predicted octanol–water partition coefficient (Wildman–Crippen LogP) is 5.96. The van der Waals surface area contributed by atoms with Crippen LogP contribution in [0.25, 0.3) is 11.1 Å². The van der Waals surface area contributed by atoms with E-state index in [0.717, 1.165) is 12.8 Å². The van der Waals surface area contributed by atoms with Crippen molar-refractivity contribution in [2.45, 2.75) is 120 Å². The number of rotatable bonds is 4. The Morgan fingerprint density at radius 3 is 1.85 bits per heavy atom. The Kier molecular flexibility index (Phi) is 16.4. The van der Waals surface area contributed by atoms with Crippen molar-refractivity contribution in [3.63, 3.8) is 0 Å². The van der Waals surface area contributed by atoms with Crippen molar-refractivity contribution in [3.05, 3.63) is 118 Å². The molecular weight excluding hydrogens is 679 g/mol. The van der Waals surface area contributed by atoms with Gasteiger partial charge >= 0.3 is 76.7 Å². The second-order valence-corrected chi connectivity index (χ2v) is 16.8. The summed E-state index contributed by atoms with van der Waals surface area (Å²) in [6.07, 6.45) is 10.5. The van der Waals surface area contributed by atoms with Gasteiger partial charge in [0.05, 0.1) is 0 Å². The molecule has 0 fully saturated rings. The first-order valence-electron chi connectivity index (χ1n) is 16.7. The van der Waals surface area contributed by atoms with E-state index >= 15 is 0 Å². The fourth-order valence-corrected chi connectivity index (χ4v) is 6.14. The maximum absolute atomic E-state index is 3.67. The average molecular weight is 735 g/mol. The summed E-state index contributed by atoms with van der Waals surface area (Å²) in [6.45, 7) is 27.1. The summed E-state index contributed by atoms with van der Waals surface area (Å²) in [5, 5.41) is 0. The normalized spacial score (nSPS) is 15.0. The van der Waals surface area contributed by atoms with Crippen molar-refractivity contribution in [3.8, 4) is 11.1 Å². The fraction of sp³-hybridized carbons (Fsp3) is 0.465. The van der Waals surface area contributed by atoms with Crippen molar-refractivity contribution in [2.75, 3.05) is 0 Å². The molecule has 248 valence electrons. The Hall–Kier alpha value is -1.53. The van der Waals surface area contributed by atoms with E-state index in [1.54, 1.807) is 3.21 Å². The number of hydrogen-bond acceptors (Lipinski definition) is 0. The minimum Gasteiger partial charge on any atom is -1.00 e. The van der Waals surface area contributed by atoms with Crippen LogP contribution < -0.4 is 24.8 Å². The van der Waals surface area contributed by atoms with Crippen LogP contribution in [0.3, 0.4) is 0 Å². The number of halogens is 2. The van der Waals surface area contributed by atoms with Gasteiger partial charge in [-0.1, -0.05) is 124 Å². The van der Waals surface area contributed by atoms with Gasteiger partial charge in [0.2, 0.25) is 0 Å². The molecule has 1 unspecified atom stereocenters. The molecule has 0 nitrogen and oxygen atoms in total. The molecular formula is C43H56Cl2Zr-2. The Balaban J connectivity index is 0.000000366. The molecule has 0 heterocycles. The molecule has 0 radical (unpaired) electrons. The molecule has 0 N–H and O–H groups in total. The van der Waals surface area contributed by atoms with Gasteiger partial charge in [0.25, 0.3) is 0 Å². The van der Waals surface area contributed by atoms with E-state index in [1.165, 1.54) is 87.2 Å². The summed E-state index contributed by atoms with van der Waals surface area (Å²) in [4.78, 5) is 0. The van der Waals surface area contributed by atoms with Gasteiger partial charge in [-0.3, -0.25) is 6.08 Å². The molecule has 2 aliphatic carbocycles. The van der Waals surface area contributed by atoms with Crippen LogP contribution in [-0.4, -0.2) is 3.21 Å². The fourth-order valence-electron chi connectivity index (χ4n) is 5.73. The summed E-state index contributed by atoms with van der Waals surface area (Å²) in [5.41, 5.74) is 13.4. The zero-order valence-corrected chi connectivity index (χ0v) is 34.5. The van der Waals surface area contributed by atoms with Crippen LogP contribution in [0.2, 0.25) is 0 Å². The third-order valence-electron chi connectivity index (χ3n) is 8.59. The first-order valence-corrected chi connectivity index (χ1v) is 17.9. The van der Waals surface area contributed by atoms with Gasteiger partial charge in [-0.2, -0.15) is 35.4 Å². The van der Waals surface area contributed by atoms with Crippen LogP contribution in [-0.2, 0) is 41.5 Å². The van der Waals surface area contributed by atoms with E-state index < -0.39 is 0 Å². The number of benzene rings is 3. The van der Waals surface area contributed by atoms with Crippen LogP contribution in [0.15, 0.2) is 77.9 Å². The van der Waals surface area contributed by atoms with Gasteiger partial charge in [-0.15, -0.1) is 11.1 Å². The van der Waals surface area contributed by atoms with Gasteiger partial charge in [0.15, 0.2) is 0 Å². The Labute approximate surface area is 310 Å². The number of allylic oxidation sites excluding steroid dienone is 4. The molecule has 0 amide bonds. The third kappa shape index (κ3) is 11.3. The first kappa shape index (κ1) is 42.5. The molecule has 0 aliphatic heterocycles. The maximum Gasteiger partial charge on any atom is -1.00 e. The zero-order valence-electron chi connectivity index (χ0n) is 30.5. The second kappa shape index (κ2) is 17.7. The van der Waals surface area contributed by atoms with Crippen LogP contribution in [0, 0.1) is 23.5 Å². The molecule has 0 bridgehead atoms. The Bertz CT molecular complexity index is 1430. The van der Waals surface area contributed by atoms with Gasteiger partial charge in [0.1, 0.15) is 0 Å². The van der Waals surface area contributed by atoms with Crippen LogP contribution in [0.1, 0.15) is 130 Å². The summed E-state index contributed by atoms with van der Waals surface area (Å²) in [5.74, 6) is 0.573.